The van der Waals surface area contributed by atoms with Gasteiger partial charge in [0.1, 0.15) is 11.5 Å². The van der Waals surface area contributed by atoms with Crippen molar-refractivity contribution in [2.24, 2.45) is 0 Å². The number of aromatic hydroxyl groups is 1. The lowest BCUT2D eigenvalue weighted by molar-refractivity contribution is 0.0170. The minimum Gasteiger partial charge on any atom is -0.507 e. The first-order valence-electron chi connectivity index (χ1n) is 6.23. The molecule has 21 heavy (non-hydrogen) atoms. The molecule has 0 bridgehead atoms. The Kier molecular flexibility index (Phi) is 8.89. The number of ether oxygens (including phenoxy) is 1. The molecule has 0 saturated carbocycles. The summed E-state index contributed by atoms with van der Waals surface area (Å²) in [6, 6.07) is 3.39. The largest absolute Gasteiger partial charge is 0.507 e. The Labute approximate surface area is 135 Å². The average molecular weight is 345 g/mol. The van der Waals surface area contributed by atoms with Crippen LogP contribution in [-0.4, -0.2) is 49.7 Å². The van der Waals surface area contributed by atoms with E-state index in [0.717, 1.165) is 0 Å². The van der Waals surface area contributed by atoms with Crippen LogP contribution in [0.3, 0.4) is 0 Å². The highest BCUT2D eigenvalue weighted by atomic mass is 35.5. The third-order valence-electron chi connectivity index (χ3n) is 3.34. The van der Waals surface area contributed by atoms with E-state index < -0.39 is 12.5 Å². The number of nitrogens with zero attached hydrogens (tertiary/aromatic N) is 1. The van der Waals surface area contributed by atoms with E-state index in [4.69, 9.17) is 4.74 Å². The SMILES string of the molecule is COc1ccc([C@H](C(F)F)N2CCNCC2)c(O)c1.Cl.Cl. The van der Waals surface area contributed by atoms with E-state index in [1.54, 1.807) is 11.0 Å². The highest BCUT2D eigenvalue weighted by molar-refractivity contribution is 5.85. The van der Waals surface area contributed by atoms with Gasteiger partial charge in [-0.25, -0.2) is 8.78 Å². The summed E-state index contributed by atoms with van der Waals surface area (Å²) in [5.74, 6) is 0.303. The lowest BCUT2D eigenvalue weighted by atomic mass is 10.0. The maximum absolute atomic E-state index is 13.3. The van der Waals surface area contributed by atoms with E-state index in [-0.39, 0.29) is 36.1 Å². The third-order valence-corrected chi connectivity index (χ3v) is 3.34. The van der Waals surface area contributed by atoms with Crippen molar-refractivity contribution in [3.05, 3.63) is 23.8 Å². The molecule has 1 fully saturated rings. The van der Waals surface area contributed by atoms with Gasteiger partial charge in [0.15, 0.2) is 0 Å². The van der Waals surface area contributed by atoms with Crippen molar-refractivity contribution in [1.29, 1.82) is 0 Å². The maximum Gasteiger partial charge on any atom is 0.258 e. The molecule has 0 unspecified atom stereocenters. The number of rotatable bonds is 4. The van der Waals surface area contributed by atoms with Crippen LogP contribution in [-0.2, 0) is 0 Å². The van der Waals surface area contributed by atoms with E-state index in [1.807, 2.05) is 0 Å². The molecule has 1 heterocycles. The first-order chi connectivity index (χ1) is 9.13. The van der Waals surface area contributed by atoms with Gasteiger partial charge in [0, 0.05) is 37.8 Å². The zero-order valence-electron chi connectivity index (χ0n) is 11.6. The van der Waals surface area contributed by atoms with Crippen molar-refractivity contribution in [2.75, 3.05) is 33.3 Å². The molecule has 122 valence electrons. The molecule has 1 aromatic rings. The van der Waals surface area contributed by atoms with Crippen LogP contribution >= 0.6 is 24.8 Å². The summed E-state index contributed by atoms with van der Waals surface area (Å²) < 4.78 is 31.6. The highest BCUT2D eigenvalue weighted by Crippen LogP contribution is 2.35. The van der Waals surface area contributed by atoms with Crippen LogP contribution in [0.2, 0.25) is 0 Å². The van der Waals surface area contributed by atoms with Crippen LogP contribution < -0.4 is 10.1 Å². The molecule has 0 spiro atoms. The molecule has 8 heteroatoms. The topological polar surface area (TPSA) is 44.7 Å². The Bertz CT molecular complexity index is 433. The molecule has 0 amide bonds. The Balaban J connectivity index is 0.00000200. The normalized spacial score (nSPS) is 16.8. The smallest absolute Gasteiger partial charge is 0.258 e. The molecular weight excluding hydrogens is 325 g/mol. The lowest BCUT2D eigenvalue weighted by Crippen LogP contribution is -2.46. The molecule has 0 aliphatic carbocycles. The standard InChI is InChI=1S/C13H18F2N2O2.2ClH/c1-19-9-2-3-10(11(18)8-9)12(13(14)15)17-6-4-16-5-7-17;;/h2-3,8,12-13,16,18H,4-7H2,1H3;2*1H/t12-;;/m1../s1. The maximum atomic E-state index is 13.3. The number of alkyl halides is 2. The van der Waals surface area contributed by atoms with Crippen molar-refractivity contribution >= 4 is 24.8 Å². The monoisotopic (exact) mass is 344 g/mol. The molecule has 1 aliphatic rings. The fraction of sp³-hybridized carbons (Fsp3) is 0.538. The van der Waals surface area contributed by atoms with Crippen LogP contribution in [0.4, 0.5) is 8.78 Å². The minimum atomic E-state index is -2.54. The summed E-state index contributed by atoms with van der Waals surface area (Å²) in [6.45, 7) is 2.45. The van der Waals surface area contributed by atoms with Gasteiger partial charge in [0.2, 0.25) is 0 Å². The number of halogens is 4. The molecule has 2 N–H and O–H groups in total. The number of benzene rings is 1. The van der Waals surface area contributed by atoms with Crippen molar-refractivity contribution in [3.8, 4) is 11.5 Å². The Morgan fingerprint density at radius 2 is 1.86 bits per heavy atom. The molecule has 1 aliphatic heterocycles. The fourth-order valence-electron chi connectivity index (χ4n) is 2.35. The van der Waals surface area contributed by atoms with Crippen molar-refractivity contribution in [1.82, 2.24) is 10.2 Å². The van der Waals surface area contributed by atoms with Crippen molar-refractivity contribution in [3.63, 3.8) is 0 Å². The van der Waals surface area contributed by atoms with Gasteiger partial charge in [-0.05, 0) is 12.1 Å². The van der Waals surface area contributed by atoms with Crippen molar-refractivity contribution < 1.29 is 18.6 Å². The number of piperazine rings is 1. The summed E-state index contributed by atoms with van der Waals surface area (Å²) in [6.07, 6.45) is -2.54. The van der Waals surface area contributed by atoms with Gasteiger partial charge in [-0.2, -0.15) is 0 Å². The number of phenolic OH excluding ortho intramolecular Hbond substituents is 1. The van der Waals surface area contributed by atoms with Gasteiger partial charge < -0.3 is 15.2 Å². The number of hydrogen-bond donors (Lipinski definition) is 2. The van der Waals surface area contributed by atoms with E-state index in [0.29, 0.717) is 31.9 Å². The van der Waals surface area contributed by atoms with Crippen molar-refractivity contribution in [2.45, 2.75) is 12.5 Å². The molecular formula is C13H20Cl2F2N2O2. The molecule has 1 atom stereocenters. The second-order valence-corrected chi connectivity index (χ2v) is 4.49. The average Bonchev–Trinajstić information content (AvgIpc) is 2.41. The number of methoxy groups -OCH3 is 1. The van der Waals surface area contributed by atoms with Gasteiger partial charge in [0.25, 0.3) is 6.43 Å². The van der Waals surface area contributed by atoms with Gasteiger partial charge in [0.05, 0.1) is 13.2 Å². The summed E-state index contributed by atoms with van der Waals surface area (Å²) in [4.78, 5) is 1.70. The van der Waals surface area contributed by atoms with Crippen LogP contribution in [0.15, 0.2) is 18.2 Å². The Morgan fingerprint density at radius 3 is 2.33 bits per heavy atom. The van der Waals surface area contributed by atoms with Crippen LogP contribution in [0.5, 0.6) is 11.5 Å². The van der Waals surface area contributed by atoms with Gasteiger partial charge in [-0.3, -0.25) is 4.90 Å². The number of phenols is 1. The van der Waals surface area contributed by atoms with Crippen LogP contribution in [0.25, 0.3) is 0 Å². The lowest BCUT2D eigenvalue weighted by Gasteiger charge is -2.34. The summed E-state index contributed by atoms with van der Waals surface area (Å²) in [5.41, 5.74) is 0.248. The molecule has 1 aromatic carbocycles. The first-order valence-corrected chi connectivity index (χ1v) is 6.23. The zero-order valence-corrected chi connectivity index (χ0v) is 13.2. The quantitative estimate of drug-likeness (QED) is 0.880. The number of nitrogens with one attached hydrogen (secondary N) is 1. The molecule has 4 nitrogen and oxygen atoms in total. The fourth-order valence-corrected chi connectivity index (χ4v) is 2.35. The summed E-state index contributed by atoms with van der Waals surface area (Å²) in [5, 5.41) is 13.0. The van der Waals surface area contributed by atoms with Gasteiger partial charge >= 0.3 is 0 Å². The summed E-state index contributed by atoms with van der Waals surface area (Å²) >= 11 is 0. The van der Waals surface area contributed by atoms with Crippen LogP contribution in [0, 0.1) is 0 Å². The molecule has 2 rings (SSSR count). The molecule has 0 aromatic heterocycles. The first kappa shape index (κ1) is 20.2. The second-order valence-electron chi connectivity index (χ2n) is 4.49. The predicted molar refractivity (Wildman–Crippen MR) is 82.3 cm³/mol. The van der Waals surface area contributed by atoms with E-state index >= 15 is 0 Å². The van der Waals surface area contributed by atoms with Crippen LogP contribution in [0.1, 0.15) is 11.6 Å². The van der Waals surface area contributed by atoms with Gasteiger partial charge in [-0.15, -0.1) is 24.8 Å². The minimum absolute atomic E-state index is 0. The molecule has 0 radical (unpaired) electrons. The zero-order chi connectivity index (χ0) is 13.8. The van der Waals surface area contributed by atoms with E-state index in [1.165, 1.54) is 19.2 Å². The molecule has 1 saturated heterocycles. The van der Waals surface area contributed by atoms with E-state index in [9.17, 15) is 13.9 Å². The Morgan fingerprint density at radius 1 is 1.24 bits per heavy atom. The second kappa shape index (κ2) is 9.25. The summed E-state index contributed by atoms with van der Waals surface area (Å²) in [7, 11) is 1.47. The van der Waals surface area contributed by atoms with E-state index in [2.05, 4.69) is 5.32 Å². The number of hydrogen-bond acceptors (Lipinski definition) is 4. The third kappa shape index (κ3) is 4.85. The highest BCUT2D eigenvalue weighted by Gasteiger charge is 2.32. The van der Waals surface area contributed by atoms with Gasteiger partial charge in [-0.1, -0.05) is 0 Å². The predicted octanol–water partition coefficient (Wildman–Crippen LogP) is 2.46. The Hall–Kier alpha value is -0.820.